The van der Waals surface area contributed by atoms with E-state index in [2.05, 4.69) is 5.32 Å². The molecule has 0 radical (unpaired) electrons. The molecule has 5 heteroatoms. The molecule has 0 atom stereocenters. The van der Waals surface area contributed by atoms with Gasteiger partial charge in [0.15, 0.2) is 0 Å². The Hall–Kier alpha value is -2.69. The Kier molecular flexibility index (Phi) is 6.95. The number of benzene rings is 2. The van der Waals surface area contributed by atoms with Crippen molar-refractivity contribution in [1.29, 1.82) is 0 Å². The van der Waals surface area contributed by atoms with Gasteiger partial charge in [-0.1, -0.05) is 17.7 Å². The van der Waals surface area contributed by atoms with Gasteiger partial charge in [0.05, 0.1) is 26.7 Å². The number of aryl methyl sites for hydroxylation is 1. The second-order valence-corrected chi connectivity index (χ2v) is 5.29. The Morgan fingerprint density at radius 2 is 1.42 bits per heavy atom. The maximum atomic E-state index is 11.7. The van der Waals surface area contributed by atoms with Gasteiger partial charge in [-0.05, 0) is 43.3 Å². The highest BCUT2D eigenvalue weighted by Gasteiger charge is 2.02. The normalized spacial score (nSPS) is 10.1. The molecule has 0 aliphatic heterocycles. The van der Waals surface area contributed by atoms with Crippen LogP contribution in [0.25, 0.3) is 0 Å². The third kappa shape index (κ3) is 6.20. The van der Waals surface area contributed by atoms with Crippen LogP contribution in [0, 0.1) is 6.92 Å². The first-order chi connectivity index (χ1) is 11.7. The van der Waals surface area contributed by atoms with Crippen LogP contribution in [-0.2, 0) is 4.79 Å². The topological polar surface area (TPSA) is 56.8 Å². The van der Waals surface area contributed by atoms with Crippen molar-refractivity contribution in [2.24, 2.45) is 0 Å². The van der Waals surface area contributed by atoms with Crippen molar-refractivity contribution in [3.63, 3.8) is 0 Å². The van der Waals surface area contributed by atoms with Crippen LogP contribution < -0.4 is 19.5 Å². The van der Waals surface area contributed by atoms with Crippen molar-refractivity contribution < 1.29 is 19.0 Å². The molecule has 0 bridgehead atoms. The summed E-state index contributed by atoms with van der Waals surface area (Å²) < 4.78 is 16.1. The van der Waals surface area contributed by atoms with Crippen molar-refractivity contribution in [2.45, 2.75) is 13.3 Å². The maximum absolute atomic E-state index is 11.7. The first-order valence-corrected chi connectivity index (χ1v) is 7.90. The molecule has 5 nitrogen and oxygen atoms in total. The van der Waals surface area contributed by atoms with Gasteiger partial charge in [0.1, 0.15) is 23.9 Å². The average molecular weight is 329 g/mol. The lowest BCUT2D eigenvalue weighted by molar-refractivity contribution is -0.121. The summed E-state index contributed by atoms with van der Waals surface area (Å²) in [4.78, 5) is 11.7. The van der Waals surface area contributed by atoms with E-state index in [-0.39, 0.29) is 5.91 Å². The summed E-state index contributed by atoms with van der Waals surface area (Å²) in [5.74, 6) is 2.24. The molecule has 2 aromatic carbocycles. The highest BCUT2D eigenvalue weighted by atomic mass is 16.5. The predicted octanol–water partition coefficient (Wildman–Crippen LogP) is 2.97. The van der Waals surface area contributed by atoms with Gasteiger partial charge >= 0.3 is 0 Å². The number of rotatable bonds is 9. The molecule has 24 heavy (non-hydrogen) atoms. The van der Waals surface area contributed by atoms with E-state index in [9.17, 15) is 4.79 Å². The molecule has 0 heterocycles. The zero-order valence-corrected chi connectivity index (χ0v) is 14.1. The Morgan fingerprint density at radius 1 is 0.875 bits per heavy atom. The molecule has 0 spiro atoms. The van der Waals surface area contributed by atoms with Crippen molar-refractivity contribution in [3.8, 4) is 17.2 Å². The van der Waals surface area contributed by atoms with E-state index >= 15 is 0 Å². The minimum absolute atomic E-state index is 0.0551. The third-order valence-electron chi connectivity index (χ3n) is 3.37. The molecule has 0 aliphatic rings. The third-order valence-corrected chi connectivity index (χ3v) is 3.37. The van der Waals surface area contributed by atoms with E-state index in [1.54, 1.807) is 7.11 Å². The highest BCUT2D eigenvalue weighted by molar-refractivity contribution is 5.75. The minimum atomic E-state index is -0.0551. The van der Waals surface area contributed by atoms with Crippen LogP contribution in [0.3, 0.4) is 0 Å². The molecule has 1 amide bonds. The highest BCUT2D eigenvalue weighted by Crippen LogP contribution is 2.16. The number of carbonyl (C=O) groups excluding carboxylic acids is 1. The second kappa shape index (κ2) is 9.45. The number of hydrogen-bond donors (Lipinski definition) is 1. The molecule has 0 aromatic heterocycles. The van der Waals surface area contributed by atoms with Crippen LogP contribution in [0.4, 0.5) is 0 Å². The summed E-state index contributed by atoms with van der Waals surface area (Å²) in [6.07, 6.45) is 0.316. The molecular formula is C19H23NO4. The van der Waals surface area contributed by atoms with Gasteiger partial charge in [-0.2, -0.15) is 0 Å². The minimum Gasteiger partial charge on any atom is -0.497 e. The summed E-state index contributed by atoms with van der Waals surface area (Å²) in [7, 11) is 1.62. The summed E-state index contributed by atoms with van der Waals surface area (Å²) in [6, 6.07) is 15.1. The van der Waals surface area contributed by atoms with Crippen LogP contribution >= 0.6 is 0 Å². The first kappa shape index (κ1) is 17.7. The fourth-order valence-electron chi connectivity index (χ4n) is 2.02. The smallest absolute Gasteiger partial charge is 0.223 e. The molecule has 1 N–H and O–H groups in total. The van der Waals surface area contributed by atoms with Crippen molar-refractivity contribution in [3.05, 3.63) is 54.1 Å². The number of amides is 1. The fourth-order valence-corrected chi connectivity index (χ4v) is 2.02. The summed E-state index contributed by atoms with van der Waals surface area (Å²) in [5, 5.41) is 2.80. The van der Waals surface area contributed by atoms with Crippen LogP contribution in [0.5, 0.6) is 17.2 Å². The quantitative estimate of drug-likeness (QED) is 0.719. The zero-order chi connectivity index (χ0) is 17.2. The van der Waals surface area contributed by atoms with Gasteiger partial charge in [0, 0.05) is 0 Å². The summed E-state index contributed by atoms with van der Waals surface area (Å²) in [6.45, 7) is 3.24. The van der Waals surface area contributed by atoms with Gasteiger partial charge < -0.3 is 19.5 Å². The van der Waals surface area contributed by atoms with Crippen molar-refractivity contribution in [1.82, 2.24) is 5.32 Å². The van der Waals surface area contributed by atoms with Crippen LogP contribution in [0.15, 0.2) is 48.5 Å². The molecule has 0 saturated carbocycles. The molecule has 0 unspecified atom stereocenters. The molecule has 0 saturated heterocycles. The Morgan fingerprint density at radius 3 is 2.04 bits per heavy atom. The number of nitrogens with one attached hydrogen (secondary N) is 1. The number of ether oxygens (including phenoxy) is 3. The van der Waals surface area contributed by atoms with Gasteiger partial charge in [-0.3, -0.25) is 4.79 Å². The summed E-state index contributed by atoms with van der Waals surface area (Å²) in [5.41, 5.74) is 1.18. The Balaban J connectivity index is 1.56. The largest absolute Gasteiger partial charge is 0.497 e. The SMILES string of the molecule is COc1ccc(OCCNC(=O)CCOc2ccc(C)cc2)cc1. The standard InChI is InChI=1S/C19H23NO4/c1-15-3-5-17(6-4-15)23-13-11-19(21)20-12-14-24-18-9-7-16(22-2)8-10-18/h3-10H,11-14H2,1-2H3,(H,20,21). The van der Waals surface area contributed by atoms with Gasteiger partial charge in [-0.15, -0.1) is 0 Å². The lowest BCUT2D eigenvalue weighted by Crippen LogP contribution is -2.29. The van der Waals surface area contributed by atoms with Crippen LogP contribution in [0.2, 0.25) is 0 Å². The van der Waals surface area contributed by atoms with Crippen molar-refractivity contribution >= 4 is 5.91 Å². The monoisotopic (exact) mass is 329 g/mol. The molecule has 128 valence electrons. The summed E-state index contributed by atoms with van der Waals surface area (Å²) >= 11 is 0. The Bertz CT molecular complexity index is 623. The van der Waals surface area contributed by atoms with Gasteiger partial charge in [0.25, 0.3) is 0 Å². The molecule has 0 fully saturated rings. The van der Waals surface area contributed by atoms with E-state index in [0.717, 1.165) is 17.2 Å². The molecule has 2 aromatic rings. The van der Waals surface area contributed by atoms with Crippen LogP contribution in [-0.4, -0.2) is 32.8 Å². The number of methoxy groups -OCH3 is 1. The molecular weight excluding hydrogens is 306 g/mol. The van der Waals surface area contributed by atoms with E-state index in [1.165, 1.54) is 5.56 Å². The van der Waals surface area contributed by atoms with Gasteiger partial charge in [-0.25, -0.2) is 0 Å². The average Bonchev–Trinajstić information content (AvgIpc) is 2.61. The maximum Gasteiger partial charge on any atom is 0.223 e. The van der Waals surface area contributed by atoms with Crippen LogP contribution in [0.1, 0.15) is 12.0 Å². The van der Waals surface area contributed by atoms with E-state index in [1.807, 2.05) is 55.5 Å². The molecule has 2 rings (SSSR count). The van der Waals surface area contributed by atoms with E-state index < -0.39 is 0 Å². The number of hydrogen-bond acceptors (Lipinski definition) is 4. The van der Waals surface area contributed by atoms with E-state index in [4.69, 9.17) is 14.2 Å². The Labute approximate surface area is 142 Å². The first-order valence-electron chi connectivity index (χ1n) is 7.90. The number of carbonyl (C=O) groups is 1. The second-order valence-electron chi connectivity index (χ2n) is 5.29. The lowest BCUT2D eigenvalue weighted by atomic mass is 10.2. The van der Waals surface area contributed by atoms with E-state index in [0.29, 0.717) is 26.2 Å². The van der Waals surface area contributed by atoms with Crippen molar-refractivity contribution in [2.75, 3.05) is 26.9 Å². The lowest BCUT2D eigenvalue weighted by Gasteiger charge is -2.09. The molecule has 0 aliphatic carbocycles. The fraction of sp³-hybridized carbons (Fsp3) is 0.316. The zero-order valence-electron chi connectivity index (χ0n) is 14.1. The van der Waals surface area contributed by atoms with Gasteiger partial charge in [0.2, 0.25) is 5.91 Å². The predicted molar refractivity (Wildman–Crippen MR) is 92.8 cm³/mol.